The average molecular weight is 517 g/mol. The Kier molecular flexibility index (Phi) is 9.77. The van der Waals surface area contributed by atoms with Crippen LogP contribution in [0.1, 0.15) is 39.5 Å². The van der Waals surface area contributed by atoms with Crippen LogP contribution in [0.3, 0.4) is 0 Å². The molecule has 3 heteroatoms. The van der Waals surface area contributed by atoms with Crippen molar-refractivity contribution in [3.8, 4) is 0 Å². The number of anilines is 2. The fourth-order valence-corrected chi connectivity index (χ4v) is 4.83. The third-order valence-electron chi connectivity index (χ3n) is 7.15. The standard InChI is InChI=1S/C36H40N2O/c1-28-24-33(37(3)26-30-14-8-6-9-15-30)21-20-32(28)18-12-13-19-36(39-5)35-23-22-34(25-29(35)2)38(4)27-31-16-10-7-11-17-31/h6-25,36H,26-27H2,1-5H3/b18-12+,19-13+. The van der Waals surface area contributed by atoms with Crippen molar-refractivity contribution in [3.05, 3.63) is 149 Å². The molecule has 0 spiro atoms. The third-order valence-corrected chi connectivity index (χ3v) is 7.15. The highest BCUT2D eigenvalue weighted by molar-refractivity contribution is 5.61. The number of allylic oxidation sites excluding steroid dienone is 2. The molecule has 1 unspecified atom stereocenters. The maximum atomic E-state index is 5.84. The summed E-state index contributed by atoms with van der Waals surface area (Å²) >= 11 is 0. The van der Waals surface area contributed by atoms with E-state index in [0.717, 1.165) is 13.1 Å². The zero-order valence-corrected chi connectivity index (χ0v) is 23.8. The van der Waals surface area contributed by atoms with E-state index in [2.05, 4.69) is 159 Å². The number of benzene rings is 4. The minimum atomic E-state index is -0.0989. The quantitative estimate of drug-likeness (QED) is 0.186. The van der Waals surface area contributed by atoms with E-state index in [9.17, 15) is 0 Å². The Labute approximate surface area is 234 Å². The summed E-state index contributed by atoms with van der Waals surface area (Å²) in [5.74, 6) is 0. The number of hydrogen-bond donors (Lipinski definition) is 0. The number of nitrogens with zero attached hydrogens (tertiary/aromatic N) is 2. The lowest BCUT2D eigenvalue weighted by atomic mass is 10.0. The number of hydrogen-bond acceptors (Lipinski definition) is 3. The Balaban J connectivity index is 1.38. The maximum Gasteiger partial charge on any atom is 0.101 e. The van der Waals surface area contributed by atoms with Crippen molar-refractivity contribution in [1.29, 1.82) is 0 Å². The summed E-state index contributed by atoms with van der Waals surface area (Å²) in [6, 6.07) is 34.4. The van der Waals surface area contributed by atoms with Crippen molar-refractivity contribution in [1.82, 2.24) is 0 Å². The first-order valence-electron chi connectivity index (χ1n) is 13.5. The van der Waals surface area contributed by atoms with Crippen LogP contribution < -0.4 is 9.80 Å². The number of rotatable bonds is 11. The molecular formula is C36H40N2O. The van der Waals surface area contributed by atoms with E-state index in [1.807, 2.05) is 0 Å². The van der Waals surface area contributed by atoms with Gasteiger partial charge < -0.3 is 14.5 Å². The molecule has 0 saturated heterocycles. The van der Waals surface area contributed by atoms with Crippen molar-refractivity contribution in [2.75, 3.05) is 31.0 Å². The van der Waals surface area contributed by atoms with Crippen LogP contribution in [0.15, 0.2) is 115 Å². The summed E-state index contributed by atoms with van der Waals surface area (Å²) in [7, 11) is 6.04. The van der Waals surface area contributed by atoms with Crippen molar-refractivity contribution in [2.45, 2.75) is 33.0 Å². The van der Waals surface area contributed by atoms with Crippen LogP contribution in [0.2, 0.25) is 0 Å². The second kappa shape index (κ2) is 13.6. The van der Waals surface area contributed by atoms with E-state index in [1.54, 1.807) is 7.11 Å². The lowest BCUT2D eigenvalue weighted by Gasteiger charge is -2.22. The summed E-state index contributed by atoms with van der Waals surface area (Å²) in [6.07, 6.45) is 8.35. The normalized spacial score (nSPS) is 12.2. The molecule has 39 heavy (non-hydrogen) atoms. The third kappa shape index (κ3) is 7.72. The van der Waals surface area contributed by atoms with Crippen molar-refractivity contribution >= 4 is 17.5 Å². The molecule has 0 saturated carbocycles. The predicted molar refractivity (Wildman–Crippen MR) is 167 cm³/mol. The van der Waals surface area contributed by atoms with Gasteiger partial charge in [-0.15, -0.1) is 0 Å². The van der Waals surface area contributed by atoms with Crippen LogP contribution in [0, 0.1) is 13.8 Å². The summed E-state index contributed by atoms with van der Waals surface area (Å²) in [4.78, 5) is 4.56. The van der Waals surface area contributed by atoms with Crippen molar-refractivity contribution in [3.63, 3.8) is 0 Å². The Morgan fingerprint density at radius 2 is 1.21 bits per heavy atom. The summed E-state index contributed by atoms with van der Waals surface area (Å²) < 4.78 is 5.84. The molecule has 4 aromatic rings. The zero-order chi connectivity index (χ0) is 27.6. The summed E-state index contributed by atoms with van der Waals surface area (Å²) in [6.45, 7) is 6.09. The predicted octanol–water partition coefficient (Wildman–Crippen LogP) is 8.53. The van der Waals surface area contributed by atoms with Crippen molar-refractivity contribution in [2.24, 2.45) is 0 Å². The highest BCUT2D eigenvalue weighted by atomic mass is 16.5. The van der Waals surface area contributed by atoms with E-state index < -0.39 is 0 Å². The van der Waals surface area contributed by atoms with E-state index in [1.165, 1.54) is 44.8 Å². The monoisotopic (exact) mass is 516 g/mol. The molecule has 0 radical (unpaired) electrons. The Bertz CT molecular complexity index is 1390. The van der Waals surface area contributed by atoms with Gasteiger partial charge in [-0.2, -0.15) is 0 Å². The van der Waals surface area contributed by atoms with E-state index in [4.69, 9.17) is 4.74 Å². The highest BCUT2D eigenvalue weighted by Crippen LogP contribution is 2.27. The Morgan fingerprint density at radius 1 is 0.667 bits per heavy atom. The summed E-state index contributed by atoms with van der Waals surface area (Å²) in [5, 5.41) is 0. The maximum absolute atomic E-state index is 5.84. The van der Waals surface area contributed by atoms with E-state index in [-0.39, 0.29) is 6.10 Å². The first-order chi connectivity index (χ1) is 18.9. The van der Waals surface area contributed by atoms with Gasteiger partial charge >= 0.3 is 0 Å². The van der Waals surface area contributed by atoms with E-state index >= 15 is 0 Å². The molecule has 1 atom stereocenters. The van der Waals surface area contributed by atoms with Crippen LogP contribution in [-0.4, -0.2) is 21.2 Å². The lowest BCUT2D eigenvalue weighted by molar-refractivity contribution is 0.142. The number of ether oxygens (including phenoxy) is 1. The van der Waals surface area contributed by atoms with Crippen LogP contribution in [0.5, 0.6) is 0 Å². The van der Waals surface area contributed by atoms with Crippen LogP contribution in [-0.2, 0) is 17.8 Å². The smallest absolute Gasteiger partial charge is 0.101 e. The molecule has 0 amide bonds. The molecule has 0 N–H and O–H groups in total. The van der Waals surface area contributed by atoms with Crippen molar-refractivity contribution < 1.29 is 4.74 Å². The molecule has 4 aromatic carbocycles. The molecule has 0 fully saturated rings. The number of methoxy groups -OCH3 is 1. The minimum Gasteiger partial charge on any atom is -0.373 e. The molecule has 0 bridgehead atoms. The zero-order valence-electron chi connectivity index (χ0n) is 23.8. The molecule has 4 rings (SSSR count). The first kappa shape index (κ1) is 27.9. The molecule has 0 aliphatic rings. The molecule has 200 valence electrons. The average Bonchev–Trinajstić information content (AvgIpc) is 2.95. The van der Waals surface area contributed by atoms with Gasteiger partial charge in [-0.05, 0) is 71.5 Å². The van der Waals surface area contributed by atoms with Crippen LogP contribution in [0.4, 0.5) is 11.4 Å². The molecule has 3 nitrogen and oxygen atoms in total. The summed E-state index contributed by atoms with van der Waals surface area (Å²) in [5.41, 5.74) is 9.90. The molecule has 0 aromatic heterocycles. The lowest BCUT2D eigenvalue weighted by Crippen LogP contribution is -2.16. The molecule has 0 heterocycles. The first-order valence-corrected chi connectivity index (χ1v) is 13.5. The van der Waals surface area contributed by atoms with Gasteiger partial charge in [0.2, 0.25) is 0 Å². The van der Waals surface area contributed by atoms with Gasteiger partial charge in [0.15, 0.2) is 0 Å². The van der Waals surface area contributed by atoms with Gasteiger partial charge in [0.25, 0.3) is 0 Å². The molecule has 0 aliphatic heterocycles. The SMILES string of the molecule is COC(/C=C/C=C/c1ccc(N(C)Cc2ccccc2)cc1C)c1ccc(N(C)Cc2ccccc2)cc1C. The largest absolute Gasteiger partial charge is 0.373 e. The fraction of sp³-hybridized carbons (Fsp3) is 0.222. The molecular weight excluding hydrogens is 476 g/mol. The van der Waals surface area contributed by atoms with Gasteiger partial charge in [-0.25, -0.2) is 0 Å². The Morgan fingerprint density at radius 3 is 1.72 bits per heavy atom. The van der Waals surface area contributed by atoms with Gasteiger partial charge in [-0.1, -0.05) is 97.1 Å². The van der Waals surface area contributed by atoms with Gasteiger partial charge in [0.05, 0.1) is 0 Å². The van der Waals surface area contributed by atoms with Gasteiger partial charge in [0.1, 0.15) is 6.10 Å². The minimum absolute atomic E-state index is 0.0989. The van der Waals surface area contributed by atoms with Crippen LogP contribution >= 0.6 is 0 Å². The highest BCUT2D eigenvalue weighted by Gasteiger charge is 2.12. The van der Waals surface area contributed by atoms with Crippen LogP contribution in [0.25, 0.3) is 6.08 Å². The van der Waals surface area contributed by atoms with Gasteiger partial charge in [0, 0.05) is 45.7 Å². The second-order valence-electron chi connectivity index (χ2n) is 10.2. The topological polar surface area (TPSA) is 15.7 Å². The molecule has 0 aliphatic carbocycles. The van der Waals surface area contributed by atoms with E-state index in [0.29, 0.717) is 0 Å². The second-order valence-corrected chi connectivity index (χ2v) is 10.2. The van der Waals surface area contributed by atoms with Gasteiger partial charge in [-0.3, -0.25) is 0 Å². The fourth-order valence-electron chi connectivity index (χ4n) is 4.83. The number of aryl methyl sites for hydroxylation is 2. The Hall–Kier alpha value is -4.08.